The van der Waals surface area contributed by atoms with Gasteiger partial charge in [0.25, 0.3) is 0 Å². The van der Waals surface area contributed by atoms with Gasteiger partial charge in [0.05, 0.1) is 22.8 Å². The minimum atomic E-state index is -0.510. The zero-order valence-corrected chi connectivity index (χ0v) is 20.5. The molecule has 2 aromatic rings. The Labute approximate surface area is 199 Å². The second-order valence-corrected chi connectivity index (χ2v) is 10.6. The molecule has 0 unspecified atom stereocenters. The fourth-order valence-electron chi connectivity index (χ4n) is 4.15. The Bertz CT molecular complexity index is 961. The van der Waals surface area contributed by atoms with E-state index in [0.29, 0.717) is 33.8 Å². The van der Waals surface area contributed by atoms with E-state index in [9.17, 15) is 4.79 Å². The lowest BCUT2D eigenvalue weighted by atomic mass is 10.0. The van der Waals surface area contributed by atoms with E-state index in [4.69, 9.17) is 37.2 Å². The fourth-order valence-corrected chi connectivity index (χ4v) is 4.73. The lowest BCUT2D eigenvalue weighted by Gasteiger charge is -2.28. The first-order chi connectivity index (χ1) is 15.1. The number of aromatic nitrogens is 1. The molecule has 6 nitrogen and oxygen atoms in total. The first-order valence-corrected chi connectivity index (χ1v) is 11.9. The maximum Gasteiger partial charge on any atom is 0.410 e. The van der Waals surface area contributed by atoms with Crippen molar-refractivity contribution < 1.29 is 18.8 Å². The van der Waals surface area contributed by atoms with Crippen LogP contribution >= 0.6 is 23.2 Å². The molecule has 0 saturated heterocycles. The van der Waals surface area contributed by atoms with Crippen molar-refractivity contribution in [2.24, 2.45) is 0 Å². The fraction of sp³-hybridized carbons (Fsp3) is 0.583. The van der Waals surface area contributed by atoms with Crippen LogP contribution in [0.25, 0.3) is 11.3 Å². The van der Waals surface area contributed by atoms with Crippen molar-refractivity contribution in [1.29, 1.82) is 0 Å². The van der Waals surface area contributed by atoms with Gasteiger partial charge in [0.2, 0.25) is 0 Å². The Hall–Kier alpha value is -1.76. The molecule has 2 fully saturated rings. The van der Waals surface area contributed by atoms with Crippen LogP contribution in [0.4, 0.5) is 4.79 Å². The Morgan fingerprint density at radius 1 is 1.19 bits per heavy atom. The van der Waals surface area contributed by atoms with Crippen molar-refractivity contribution in [3.63, 3.8) is 0 Å². The molecular weight excluding hydrogens is 451 g/mol. The average molecular weight is 481 g/mol. The van der Waals surface area contributed by atoms with Gasteiger partial charge in [-0.05, 0) is 65.0 Å². The summed E-state index contributed by atoms with van der Waals surface area (Å²) < 4.78 is 17.5. The van der Waals surface area contributed by atoms with Crippen molar-refractivity contribution in [1.82, 2.24) is 10.1 Å². The van der Waals surface area contributed by atoms with Gasteiger partial charge in [0.15, 0.2) is 0 Å². The maximum atomic E-state index is 12.4. The Morgan fingerprint density at radius 2 is 1.88 bits per heavy atom. The Morgan fingerprint density at radius 3 is 2.50 bits per heavy atom. The molecule has 2 aliphatic rings. The van der Waals surface area contributed by atoms with Crippen LogP contribution in [0.3, 0.4) is 0 Å². The van der Waals surface area contributed by atoms with Gasteiger partial charge in [-0.25, -0.2) is 4.79 Å². The number of ether oxygens (including phenoxy) is 2. The van der Waals surface area contributed by atoms with Crippen LogP contribution in [0.1, 0.15) is 70.1 Å². The lowest BCUT2D eigenvalue weighted by Crippen LogP contribution is -2.39. The highest BCUT2D eigenvalue weighted by Crippen LogP contribution is 2.46. The molecular formula is C24H30Cl2N2O4. The van der Waals surface area contributed by atoms with E-state index in [-0.39, 0.29) is 18.2 Å². The van der Waals surface area contributed by atoms with Gasteiger partial charge in [-0.2, -0.15) is 0 Å². The van der Waals surface area contributed by atoms with Crippen molar-refractivity contribution in [2.75, 3.05) is 7.05 Å². The highest BCUT2D eigenvalue weighted by atomic mass is 35.5. The Balaban J connectivity index is 1.45. The third-order valence-electron chi connectivity index (χ3n) is 6.02. The summed E-state index contributed by atoms with van der Waals surface area (Å²) in [5.41, 5.74) is 1.75. The molecule has 0 aliphatic heterocycles. The van der Waals surface area contributed by atoms with Gasteiger partial charge in [-0.3, -0.25) is 0 Å². The molecule has 0 bridgehead atoms. The predicted octanol–water partition coefficient (Wildman–Crippen LogP) is 6.83. The monoisotopic (exact) mass is 480 g/mol. The molecule has 1 amide bonds. The van der Waals surface area contributed by atoms with Gasteiger partial charge in [0, 0.05) is 30.1 Å². The molecule has 1 aromatic carbocycles. The van der Waals surface area contributed by atoms with Gasteiger partial charge >= 0.3 is 6.09 Å². The summed E-state index contributed by atoms with van der Waals surface area (Å²) in [6.07, 6.45) is 4.44. The molecule has 0 N–H and O–H groups in total. The van der Waals surface area contributed by atoms with Crippen LogP contribution in [-0.4, -0.2) is 40.9 Å². The number of carbonyl (C=O) groups is 1. The Kier molecular flexibility index (Phi) is 6.76. The molecule has 0 spiro atoms. The first-order valence-electron chi connectivity index (χ1n) is 11.1. The first kappa shape index (κ1) is 23.4. The minimum absolute atomic E-state index is 0.0430. The average Bonchev–Trinajstić information content (AvgIpc) is 3.29. The van der Waals surface area contributed by atoms with Gasteiger partial charge in [0.1, 0.15) is 17.1 Å². The normalized spacial score (nSPS) is 21.1. The summed E-state index contributed by atoms with van der Waals surface area (Å²) in [5, 5.41) is 5.39. The highest BCUT2D eigenvalue weighted by molar-refractivity contribution is 6.39. The van der Waals surface area contributed by atoms with Crippen LogP contribution in [0.2, 0.25) is 10.0 Å². The van der Waals surface area contributed by atoms with Crippen molar-refractivity contribution in [3.8, 4) is 11.3 Å². The van der Waals surface area contributed by atoms with Crippen molar-refractivity contribution in [3.05, 3.63) is 39.6 Å². The second kappa shape index (κ2) is 9.24. The number of benzene rings is 1. The van der Waals surface area contributed by atoms with Crippen LogP contribution in [0.5, 0.6) is 0 Å². The molecule has 8 heteroatoms. The zero-order valence-electron chi connectivity index (χ0n) is 19.0. The van der Waals surface area contributed by atoms with Gasteiger partial charge < -0.3 is 18.9 Å². The molecule has 32 heavy (non-hydrogen) atoms. The lowest BCUT2D eigenvalue weighted by molar-refractivity contribution is 0.0167. The number of hydrogen-bond acceptors (Lipinski definition) is 5. The van der Waals surface area contributed by atoms with E-state index in [0.717, 1.165) is 43.4 Å². The smallest absolute Gasteiger partial charge is 0.410 e. The van der Waals surface area contributed by atoms with Crippen LogP contribution < -0.4 is 0 Å². The number of amides is 1. The van der Waals surface area contributed by atoms with Crippen LogP contribution in [0.15, 0.2) is 22.7 Å². The van der Waals surface area contributed by atoms with E-state index < -0.39 is 5.60 Å². The van der Waals surface area contributed by atoms with Crippen LogP contribution in [0, 0.1) is 0 Å². The van der Waals surface area contributed by atoms with E-state index >= 15 is 0 Å². The van der Waals surface area contributed by atoms with Gasteiger partial charge in [-0.1, -0.05) is 34.4 Å². The summed E-state index contributed by atoms with van der Waals surface area (Å²) >= 11 is 12.9. The van der Waals surface area contributed by atoms with Crippen molar-refractivity contribution >= 4 is 29.3 Å². The van der Waals surface area contributed by atoms with E-state index in [2.05, 4.69) is 5.16 Å². The molecule has 1 heterocycles. The number of rotatable bonds is 6. The zero-order chi connectivity index (χ0) is 23.0. The minimum Gasteiger partial charge on any atom is -0.444 e. The maximum absolute atomic E-state index is 12.4. The molecule has 174 valence electrons. The number of nitrogens with zero attached hydrogens (tertiary/aromatic N) is 2. The highest BCUT2D eigenvalue weighted by Gasteiger charge is 2.36. The number of carbonyl (C=O) groups excluding carboxylic acids is 1. The molecule has 2 saturated carbocycles. The summed E-state index contributed by atoms with van der Waals surface area (Å²) in [6, 6.07) is 5.50. The molecule has 2 atom stereocenters. The van der Waals surface area contributed by atoms with E-state index in [1.54, 1.807) is 24.1 Å². The standard InChI is InChI=1S/C24H30Cl2N2O4/c1-24(2,3)31-23(29)28(4)15-10-11-16(12-15)30-13-17-21(27-32-22(17)14-8-9-14)20-18(25)6-5-7-19(20)26/h5-7,14-16H,8-13H2,1-4H3/t15-,16+/m1/s1. The molecule has 1 aromatic heterocycles. The topological polar surface area (TPSA) is 64.8 Å². The molecule has 4 rings (SSSR count). The summed E-state index contributed by atoms with van der Waals surface area (Å²) in [4.78, 5) is 14.1. The van der Waals surface area contributed by atoms with Crippen molar-refractivity contribution in [2.45, 2.75) is 83.1 Å². The molecule has 2 aliphatic carbocycles. The largest absolute Gasteiger partial charge is 0.444 e. The third-order valence-corrected chi connectivity index (χ3v) is 6.65. The van der Waals surface area contributed by atoms with E-state index in [1.165, 1.54) is 0 Å². The predicted molar refractivity (Wildman–Crippen MR) is 124 cm³/mol. The summed E-state index contributed by atoms with van der Waals surface area (Å²) in [6.45, 7) is 6.00. The van der Waals surface area contributed by atoms with Gasteiger partial charge in [-0.15, -0.1) is 0 Å². The van der Waals surface area contributed by atoms with E-state index in [1.807, 2.05) is 26.8 Å². The SMILES string of the molecule is CN(C(=O)OC(C)(C)C)[C@@H]1CC[C@H](OCc2c(-c3c(Cl)cccc3Cl)noc2C2CC2)C1. The summed E-state index contributed by atoms with van der Waals surface area (Å²) in [5.74, 6) is 1.25. The third kappa shape index (κ3) is 5.24. The summed E-state index contributed by atoms with van der Waals surface area (Å²) in [7, 11) is 1.80. The van der Waals surface area contributed by atoms with Crippen LogP contribution in [-0.2, 0) is 16.1 Å². The quantitative estimate of drug-likeness (QED) is 0.453. The number of hydrogen-bond donors (Lipinski definition) is 0. The molecule has 0 radical (unpaired) electrons. The number of halogens is 2. The second-order valence-electron chi connectivity index (χ2n) is 9.74.